The maximum atomic E-state index is 12.7. The normalized spacial score (nSPS) is 12.0. The molecule has 0 fully saturated rings. The Morgan fingerprint density at radius 1 is 1.21 bits per heavy atom. The highest BCUT2D eigenvalue weighted by atomic mass is 32.2. The van der Waals surface area contributed by atoms with E-state index in [0.29, 0.717) is 12.8 Å². The Bertz CT molecular complexity index is 960. The summed E-state index contributed by atoms with van der Waals surface area (Å²) in [5.74, 6) is 3.13. The highest BCUT2D eigenvalue weighted by Gasteiger charge is 2.20. The predicted octanol–water partition coefficient (Wildman–Crippen LogP) is 3.29. The Balaban J connectivity index is 1.71. The number of nitrogens with one attached hydrogen (secondary N) is 1. The second kappa shape index (κ2) is 10.2. The van der Waals surface area contributed by atoms with Crippen molar-refractivity contribution in [2.24, 2.45) is 0 Å². The van der Waals surface area contributed by atoms with Crippen molar-refractivity contribution in [3.63, 3.8) is 0 Å². The van der Waals surface area contributed by atoms with Crippen molar-refractivity contribution >= 4 is 23.3 Å². The number of hydrogen-bond donors (Lipinski definition) is 1. The van der Waals surface area contributed by atoms with Gasteiger partial charge >= 0.3 is 0 Å². The average molecular weight is 415 g/mol. The molecule has 1 atom stereocenters. The van der Waals surface area contributed by atoms with E-state index in [9.17, 15) is 4.79 Å². The number of benzene rings is 1. The summed E-state index contributed by atoms with van der Waals surface area (Å²) >= 11 is 1.74. The molecule has 1 unspecified atom stereocenters. The summed E-state index contributed by atoms with van der Waals surface area (Å²) in [6.07, 6.45) is 5.66. The Morgan fingerprint density at radius 2 is 2.07 bits per heavy atom. The molecule has 7 nitrogen and oxygen atoms in total. The fraction of sp³-hybridized carbons (Fsp3) is 0.381. The number of pyridine rings is 1. The molecule has 1 N–H and O–H groups in total. The van der Waals surface area contributed by atoms with E-state index < -0.39 is 0 Å². The van der Waals surface area contributed by atoms with Gasteiger partial charge in [-0.3, -0.25) is 9.20 Å². The molecular weight excluding hydrogens is 388 g/mol. The van der Waals surface area contributed by atoms with Crippen LogP contribution >= 0.6 is 11.8 Å². The number of carbonyl (C=O) groups excluding carboxylic acids is 1. The second-order valence-electron chi connectivity index (χ2n) is 6.57. The lowest BCUT2D eigenvalue weighted by atomic mass is 10.1. The van der Waals surface area contributed by atoms with Crippen LogP contribution < -0.4 is 14.8 Å². The zero-order valence-corrected chi connectivity index (χ0v) is 17.7. The van der Waals surface area contributed by atoms with Gasteiger partial charge in [0, 0.05) is 12.6 Å². The molecule has 8 heteroatoms. The number of amides is 1. The Labute approximate surface area is 174 Å². The molecule has 3 aromatic rings. The number of thioether (sulfide) groups is 1. The molecule has 0 aliphatic heterocycles. The van der Waals surface area contributed by atoms with Crippen LogP contribution in [-0.4, -0.2) is 46.7 Å². The lowest BCUT2D eigenvalue weighted by molar-refractivity contribution is -0.121. The monoisotopic (exact) mass is 414 g/mol. The van der Waals surface area contributed by atoms with Crippen molar-refractivity contribution in [3.05, 3.63) is 54.0 Å². The Kier molecular flexibility index (Phi) is 7.35. The van der Waals surface area contributed by atoms with Gasteiger partial charge in [0.1, 0.15) is 11.5 Å². The lowest BCUT2D eigenvalue weighted by Gasteiger charge is -2.17. The second-order valence-corrected chi connectivity index (χ2v) is 7.55. The molecule has 0 bridgehead atoms. The summed E-state index contributed by atoms with van der Waals surface area (Å²) in [4.78, 5) is 12.7. The quantitative estimate of drug-likeness (QED) is 0.549. The van der Waals surface area contributed by atoms with E-state index in [1.807, 2.05) is 47.0 Å². The summed E-state index contributed by atoms with van der Waals surface area (Å²) in [6.45, 7) is 0. The van der Waals surface area contributed by atoms with Crippen LogP contribution in [0.2, 0.25) is 0 Å². The molecule has 2 aromatic heterocycles. The third-order valence-electron chi connectivity index (χ3n) is 4.71. The average Bonchev–Trinajstić information content (AvgIpc) is 3.19. The van der Waals surface area contributed by atoms with Crippen molar-refractivity contribution in [1.29, 1.82) is 0 Å². The first kappa shape index (κ1) is 21.0. The van der Waals surface area contributed by atoms with Crippen LogP contribution in [0.15, 0.2) is 42.6 Å². The number of nitrogens with zero attached hydrogens (tertiary/aromatic N) is 3. The molecule has 0 saturated heterocycles. The zero-order valence-electron chi connectivity index (χ0n) is 16.9. The SMILES string of the molecule is COc1ccc(OC)c(CCC(=O)NC(CCSC)c2nnc3ccccn23)c1. The van der Waals surface area contributed by atoms with E-state index in [1.165, 1.54) is 0 Å². The summed E-state index contributed by atoms with van der Waals surface area (Å²) in [5, 5.41) is 11.7. The number of rotatable bonds is 10. The van der Waals surface area contributed by atoms with Crippen molar-refractivity contribution in [3.8, 4) is 11.5 Å². The number of ether oxygens (including phenoxy) is 2. The van der Waals surface area contributed by atoms with Crippen LogP contribution in [0.5, 0.6) is 11.5 Å². The zero-order chi connectivity index (χ0) is 20.6. The number of aryl methyl sites for hydroxylation is 1. The fourth-order valence-electron chi connectivity index (χ4n) is 3.19. The first-order valence-electron chi connectivity index (χ1n) is 9.45. The van der Waals surface area contributed by atoms with Crippen LogP contribution in [0.1, 0.15) is 30.3 Å². The third-order valence-corrected chi connectivity index (χ3v) is 5.35. The number of fused-ring (bicyclic) bond motifs is 1. The largest absolute Gasteiger partial charge is 0.497 e. The van der Waals surface area contributed by atoms with Gasteiger partial charge < -0.3 is 14.8 Å². The molecule has 1 aromatic carbocycles. The summed E-state index contributed by atoms with van der Waals surface area (Å²) < 4.78 is 12.6. The molecule has 3 rings (SSSR count). The van der Waals surface area contributed by atoms with Crippen LogP contribution in [0.25, 0.3) is 5.65 Å². The smallest absolute Gasteiger partial charge is 0.220 e. The standard InChI is InChI=1S/C21H26N4O3S/c1-27-16-8-9-18(28-2)15(14-16)7-10-20(26)22-17(11-13-29-3)21-24-23-19-6-4-5-12-25(19)21/h4-6,8-9,12,14,17H,7,10-11,13H2,1-3H3,(H,22,26). The number of hydrogen-bond acceptors (Lipinski definition) is 6. The van der Waals surface area contributed by atoms with E-state index >= 15 is 0 Å². The van der Waals surface area contributed by atoms with Crippen LogP contribution in [0.4, 0.5) is 0 Å². The van der Waals surface area contributed by atoms with Gasteiger partial charge in [-0.15, -0.1) is 10.2 Å². The van der Waals surface area contributed by atoms with E-state index in [0.717, 1.165) is 40.7 Å². The first-order valence-corrected chi connectivity index (χ1v) is 10.8. The van der Waals surface area contributed by atoms with Gasteiger partial charge in [0.2, 0.25) is 5.91 Å². The highest BCUT2D eigenvalue weighted by Crippen LogP contribution is 2.25. The maximum absolute atomic E-state index is 12.7. The maximum Gasteiger partial charge on any atom is 0.220 e. The molecule has 0 radical (unpaired) electrons. The first-order chi connectivity index (χ1) is 14.2. The molecule has 2 heterocycles. The molecule has 0 spiro atoms. The summed E-state index contributed by atoms with van der Waals surface area (Å²) in [7, 11) is 3.25. The molecule has 154 valence electrons. The van der Waals surface area contributed by atoms with Gasteiger partial charge in [0.05, 0.1) is 20.3 Å². The van der Waals surface area contributed by atoms with E-state index in [2.05, 4.69) is 21.8 Å². The van der Waals surface area contributed by atoms with Crippen molar-refractivity contribution in [2.75, 3.05) is 26.2 Å². The third kappa shape index (κ3) is 5.20. The lowest BCUT2D eigenvalue weighted by Crippen LogP contribution is -2.30. The van der Waals surface area contributed by atoms with Crippen molar-refractivity contribution in [1.82, 2.24) is 19.9 Å². The summed E-state index contributed by atoms with van der Waals surface area (Å²) in [6, 6.07) is 11.2. The van der Waals surface area contributed by atoms with Crippen molar-refractivity contribution < 1.29 is 14.3 Å². The van der Waals surface area contributed by atoms with E-state index in [-0.39, 0.29) is 11.9 Å². The number of methoxy groups -OCH3 is 2. The topological polar surface area (TPSA) is 77.8 Å². The minimum absolute atomic E-state index is 0.0337. The van der Waals surface area contributed by atoms with Gasteiger partial charge in [0.15, 0.2) is 11.5 Å². The van der Waals surface area contributed by atoms with Gasteiger partial charge in [0.25, 0.3) is 0 Å². The van der Waals surface area contributed by atoms with Crippen LogP contribution in [0, 0.1) is 0 Å². The summed E-state index contributed by atoms with van der Waals surface area (Å²) in [5.41, 5.74) is 1.71. The molecule has 29 heavy (non-hydrogen) atoms. The molecule has 0 aliphatic carbocycles. The predicted molar refractivity (Wildman–Crippen MR) is 115 cm³/mol. The molecule has 0 aliphatic rings. The van der Waals surface area contributed by atoms with Crippen molar-refractivity contribution in [2.45, 2.75) is 25.3 Å². The van der Waals surface area contributed by atoms with E-state index in [1.54, 1.807) is 26.0 Å². The fourth-order valence-corrected chi connectivity index (χ4v) is 3.66. The number of carbonyl (C=O) groups is 1. The molecule has 0 saturated carbocycles. The highest BCUT2D eigenvalue weighted by molar-refractivity contribution is 7.98. The molecule has 1 amide bonds. The van der Waals surface area contributed by atoms with Gasteiger partial charge in [-0.2, -0.15) is 11.8 Å². The van der Waals surface area contributed by atoms with Crippen LogP contribution in [-0.2, 0) is 11.2 Å². The molecular formula is C21H26N4O3S. The Hall–Kier alpha value is -2.74. The minimum Gasteiger partial charge on any atom is -0.497 e. The van der Waals surface area contributed by atoms with Gasteiger partial charge in [-0.25, -0.2) is 0 Å². The van der Waals surface area contributed by atoms with Gasteiger partial charge in [-0.05, 0) is 60.7 Å². The van der Waals surface area contributed by atoms with E-state index in [4.69, 9.17) is 9.47 Å². The van der Waals surface area contributed by atoms with Crippen LogP contribution in [0.3, 0.4) is 0 Å². The van der Waals surface area contributed by atoms with Gasteiger partial charge in [-0.1, -0.05) is 6.07 Å². The minimum atomic E-state index is -0.195. The number of aromatic nitrogens is 3. The Morgan fingerprint density at radius 3 is 2.83 bits per heavy atom.